The standard InChI is InChI=1S/C50H42N4/c1-6-33-17-21-36(53-46-22-16-31(4)25-42(46)44-26-32(5)37(7-2)49(44)53)28-41(33)40-13-10-24-51-48(40)39-12-9-8-11-38(39)34-18-23-47-43(27-34)45-29-52-50(45)54(47)35-19-14-30(3)15-20-35/h8-29,37H,6-7H2,1-5H3/t37-/m0/s1. The van der Waals surface area contributed by atoms with Crippen LogP contribution in [0.25, 0.3) is 72.8 Å². The number of aryl methyl sites for hydroxylation is 3. The van der Waals surface area contributed by atoms with Crippen molar-refractivity contribution < 1.29 is 0 Å². The second-order valence-electron chi connectivity index (χ2n) is 15.0. The van der Waals surface area contributed by atoms with E-state index in [0.29, 0.717) is 5.92 Å². The van der Waals surface area contributed by atoms with Crippen LogP contribution in [0.15, 0.2) is 132 Å². The molecule has 0 radical (unpaired) electrons. The number of aliphatic imine (C=N–C) groups is 1. The Bertz CT molecular complexity index is 2880. The number of aromatic nitrogens is 3. The van der Waals surface area contributed by atoms with Crippen LogP contribution in [-0.4, -0.2) is 20.3 Å². The number of nitrogens with zero attached hydrogens (tertiary/aromatic N) is 4. The van der Waals surface area contributed by atoms with Gasteiger partial charge < -0.3 is 4.57 Å². The van der Waals surface area contributed by atoms with E-state index in [-0.39, 0.29) is 0 Å². The third kappa shape index (κ3) is 4.83. The van der Waals surface area contributed by atoms with Crippen molar-refractivity contribution in [3.05, 3.63) is 161 Å². The Kier molecular flexibility index (Phi) is 7.45. The van der Waals surface area contributed by atoms with Gasteiger partial charge in [0.2, 0.25) is 0 Å². The Morgan fingerprint density at radius 2 is 1.33 bits per heavy atom. The molecule has 1 aliphatic carbocycles. The second-order valence-corrected chi connectivity index (χ2v) is 15.0. The molecule has 0 N–H and O–H groups in total. The van der Waals surface area contributed by atoms with Gasteiger partial charge in [0.15, 0.2) is 0 Å². The zero-order valence-corrected chi connectivity index (χ0v) is 31.5. The number of hydrogen-bond donors (Lipinski definition) is 0. The largest absolute Gasteiger partial charge is 0.312 e. The van der Waals surface area contributed by atoms with Gasteiger partial charge in [0.25, 0.3) is 0 Å². The van der Waals surface area contributed by atoms with E-state index in [1.165, 1.54) is 83.3 Å². The highest BCUT2D eigenvalue weighted by atomic mass is 15.1. The molecule has 4 heterocycles. The number of rotatable bonds is 7. The molecule has 1 atom stereocenters. The molecule has 2 aliphatic rings. The van der Waals surface area contributed by atoms with Crippen LogP contribution < -0.4 is 0 Å². The fourth-order valence-electron chi connectivity index (χ4n) is 9.06. The predicted octanol–water partition coefficient (Wildman–Crippen LogP) is 13.1. The highest BCUT2D eigenvalue weighted by Crippen LogP contribution is 2.47. The van der Waals surface area contributed by atoms with Crippen LogP contribution in [0.2, 0.25) is 0 Å². The van der Waals surface area contributed by atoms with Crippen molar-refractivity contribution in [1.29, 1.82) is 0 Å². The van der Waals surface area contributed by atoms with Crippen molar-refractivity contribution in [2.75, 3.05) is 0 Å². The molecule has 0 amide bonds. The molecule has 4 heteroatoms. The first-order chi connectivity index (χ1) is 26.4. The van der Waals surface area contributed by atoms with Gasteiger partial charge in [-0.2, -0.15) is 0 Å². The van der Waals surface area contributed by atoms with Crippen LogP contribution in [0.5, 0.6) is 0 Å². The number of allylic oxidation sites excluding steroid dienone is 1. The molecular weight excluding hydrogens is 657 g/mol. The van der Waals surface area contributed by atoms with E-state index in [0.717, 1.165) is 41.2 Å². The van der Waals surface area contributed by atoms with Gasteiger partial charge in [-0.25, -0.2) is 4.99 Å². The fourth-order valence-corrected chi connectivity index (χ4v) is 9.06. The highest BCUT2D eigenvalue weighted by molar-refractivity contribution is 6.12. The van der Waals surface area contributed by atoms with E-state index in [4.69, 9.17) is 9.98 Å². The van der Waals surface area contributed by atoms with Crippen LogP contribution in [0, 0.1) is 13.8 Å². The van der Waals surface area contributed by atoms with Gasteiger partial charge in [0, 0.05) is 68.4 Å². The van der Waals surface area contributed by atoms with Gasteiger partial charge in [-0.1, -0.05) is 97.3 Å². The Balaban J connectivity index is 1.13. The van der Waals surface area contributed by atoms with Crippen molar-refractivity contribution in [2.24, 2.45) is 4.99 Å². The van der Waals surface area contributed by atoms with E-state index < -0.39 is 0 Å². The summed E-state index contributed by atoms with van der Waals surface area (Å²) in [4.78, 5) is 9.85. The lowest BCUT2D eigenvalue weighted by Crippen LogP contribution is -2.06. The van der Waals surface area contributed by atoms with Crippen LogP contribution in [0.1, 0.15) is 66.6 Å². The SMILES string of the molecule is CCc1ccc(-n2c3c(c4cc(C)ccc42)C=C(C)[C@@H]3CC)cc1-c1cccnc1-c1ccccc1-c1ccc2c(c1)c1c(n2-c2ccc(C)cc2)N=C1. The first-order valence-electron chi connectivity index (χ1n) is 19.2. The Hall–Kier alpha value is -6.26. The van der Waals surface area contributed by atoms with E-state index in [1.807, 2.05) is 12.4 Å². The molecule has 0 bridgehead atoms. The third-order valence-corrected chi connectivity index (χ3v) is 11.8. The molecule has 262 valence electrons. The molecule has 4 nitrogen and oxygen atoms in total. The molecule has 0 saturated heterocycles. The third-order valence-electron chi connectivity index (χ3n) is 11.8. The molecule has 0 fully saturated rings. The van der Waals surface area contributed by atoms with Crippen molar-refractivity contribution >= 4 is 39.9 Å². The smallest absolute Gasteiger partial charge is 0.147 e. The van der Waals surface area contributed by atoms with Crippen LogP contribution in [-0.2, 0) is 6.42 Å². The monoisotopic (exact) mass is 698 g/mol. The Morgan fingerprint density at radius 3 is 2.11 bits per heavy atom. The predicted molar refractivity (Wildman–Crippen MR) is 227 cm³/mol. The molecule has 0 saturated carbocycles. The Morgan fingerprint density at radius 1 is 0.611 bits per heavy atom. The first kappa shape index (κ1) is 32.4. The minimum Gasteiger partial charge on any atom is -0.312 e. The summed E-state index contributed by atoms with van der Waals surface area (Å²) in [5.74, 6) is 1.42. The molecule has 10 rings (SSSR count). The van der Waals surface area contributed by atoms with Gasteiger partial charge >= 0.3 is 0 Å². The van der Waals surface area contributed by atoms with Gasteiger partial charge in [0.05, 0.1) is 16.7 Å². The highest BCUT2D eigenvalue weighted by Gasteiger charge is 2.30. The minimum absolute atomic E-state index is 0.400. The molecule has 3 aromatic heterocycles. The summed E-state index contributed by atoms with van der Waals surface area (Å²) >= 11 is 0. The summed E-state index contributed by atoms with van der Waals surface area (Å²) in [6.07, 6.45) is 8.36. The lowest BCUT2D eigenvalue weighted by molar-refractivity contribution is 0.733. The van der Waals surface area contributed by atoms with E-state index in [9.17, 15) is 0 Å². The Labute approximate surface area is 316 Å². The molecule has 54 heavy (non-hydrogen) atoms. The van der Waals surface area contributed by atoms with Gasteiger partial charge in [-0.3, -0.25) is 9.55 Å². The summed E-state index contributed by atoms with van der Waals surface area (Å²) in [7, 11) is 0. The molecule has 0 unspecified atom stereocenters. The van der Waals surface area contributed by atoms with E-state index >= 15 is 0 Å². The van der Waals surface area contributed by atoms with Gasteiger partial charge in [-0.15, -0.1) is 0 Å². The molecule has 1 aliphatic heterocycles. The normalized spacial score (nSPS) is 14.4. The van der Waals surface area contributed by atoms with E-state index in [1.54, 1.807) is 0 Å². The molecule has 5 aromatic carbocycles. The number of fused-ring (bicyclic) bond motifs is 6. The average molecular weight is 699 g/mol. The topological polar surface area (TPSA) is 35.1 Å². The van der Waals surface area contributed by atoms with Crippen molar-refractivity contribution in [3.63, 3.8) is 0 Å². The van der Waals surface area contributed by atoms with Crippen molar-refractivity contribution in [2.45, 2.75) is 53.4 Å². The van der Waals surface area contributed by atoms with Crippen LogP contribution in [0.3, 0.4) is 0 Å². The average Bonchev–Trinajstić information content (AvgIpc) is 3.76. The van der Waals surface area contributed by atoms with E-state index in [2.05, 4.69) is 165 Å². The molecule has 8 aromatic rings. The summed E-state index contributed by atoms with van der Waals surface area (Å²) in [6.45, 7) is 11.2. The quantitative estimate of drug-likeness (QED) is 0.163. The van der Waals surface area contributed by atoms with Crippen molar-refractivity contribution in [3.8, 4) is 44.9 Å². The summed E-state index contributed by atoms with van der Waals surface area (Å²) in [5, 5.41) is 2.55. The molecule has 0 spiro atoms. The zero-order valence-electron chi connectivity index (χ0n) is 31.5. The summed E-state index contributed by atoms with van der Waals surface area (Å²) < 4.78 is 4.82. The summed E-state index contributed by atoms with van der Waals surface area (Å²) in [5.41, 5.74) is 20.9. The zero-order chi connectivity index (χ0) is 36.7. The lowest BCUT2D eigenvalue weighted by Gasteiger charge is -2.20. The minimum atomic E-state index is 0.400. The first-order valence-corrected chi connectivity index (χ1v) is 19.2. The summed E-state index contributed by atoms with van der Waals surface area (Å²) in [6, 6.07) is 42.6. The number of hydrogen-bond acceptors (Lipinski definition) is 2. The number of benzene rings is 5. The fraction of sp³-hybridized carbons (Fsp3) is 0.160. The van der Waals surface area contributed by atoms with Crippen LogP contribution in [0.4, 0.5) is 5.82 Å². The van der Waals surface area contributed by atoms with Gasteiger partial charge in [-0.05, 0) is 110 Å². The maximum atomic E-state index is 5.15. The number of pyridine rings is 1. The lowest BCUT2D eigenvalue weighted by atomic mass is 9.90. The van der Waals surface area contributed by atoms with Crippen molar-refractivity contribution in [1.82, 2.24) is 14.1 Å². The molecular formula is C50H42N4. The maximum absolute atomic E-state index is 5.15. The van der Waals surface area contributed by atoms with Crippen LogP contribution >= 0.6 is 0 Å². The maximum Gasteiger partial charge on any atom is 0.147 e. The van der Waals surface area contributed by atoms with Gasteiger partial charge in [0.1, 0.15) is 5.82 Å². The second kappa shape index (κ2) is 12.4.